The number of nitrogens with zero attached hydrogens (tertiary/aromatic N) is 2. The number of benzene rings is 1. The molecule has 4 rings (SSSR count). The Hall–Kier alpha value is -3.23. The second-order valence-electron chi connectivity index (χ2n) is 6.13. The van der Waals surface area contributed by atoms with E-state index in [9.17, 15) is 14.4 Å². The Labute approximate surface area is 142 Å². The predicted octanol–water partition coefficient (Wildman–Crippen LogP) is 0.761. The first-order chi connectivity index (χ1) is 12.1. The summed E-state index contributed by atoms with van der Waals surface area (Å²) < 4.78 is 0. The zero-order valence-electron chi connectivity index (χ0n) is 13.2. The van der Waals surface area contributed by atoms with Crippen molar-refractivity contribution in [3.8, 4) is 0 Å². The largest absolute Gasteiger partial charge is 0.340 e. The van der Waals surface area contributed by atoms with Gasteiger partial charge in [0.2, 0.25) is 17.8 Å². The lowest BCUT2D eigenvalue weighted by molar-refractivity contribution is -0.122. The molecular formula is C16H16N6O3. The number of amides is 3. The van der Waals surface area contributed by atoms with Crippen molar-refractivity contribution in [3.63, 3.8) is 0 Å². The number of hydrogen-bond acceptors (Lipinski definition) is 5. The highest BCUT2D eigenvalue weighted by molar-refractivity contribution is 6.11. The Morgan fingerprint density at radius 1 is 1.24 bits per heavy atom. The quantitative estimate of drug-likeness (QED) is 0.653. The minimum atomic E-state index is -0.971. The maximum absolute atomic E-state index is 12.3. The first-order valence-electron chi connectivity index (χ1n) is 8.03. The number of aromatic nitrogens is 3. The number of nitrogens with one attached hydrogen (secondary N) is 4. The van der Waals surface area contributed by atoms with Crippen LogP contribution in [-0.4, -0.2) is 38.9 Å². The van der Waals surface area contributed by atoms with Crippen LogP contribution in [0.25, 0.3) is 0 Å². The molecule has 1 aliphatic carbocycles. The number of para-hydroxylation sites is 1. The molecule has 2 heterocycles. The van der Waals surface area contributed by atoms with Gasteiger partial charge >= 0.3 is 0 Å². The molecule has 0 unspecified atom stereocenters. The number of aromatic amines is 1. The Balaban J connectivity index is 1.42. The summed E-state index contributed by atoms with van der Waals surface area (Å²) in [5.74, 6) is 0.0286. The van der Waals surface area contributed by atoms with Gasteiger partial charge in [0, 0.05) is 5.92 Å². The van der Waals surface area contributed by atoms with Crippen LogP contribution in [0.3, 0.4) is 0 Å². The smallest absolute Gasteiger partial charge is 0.254 e. The van der Waals surface area contributed by atoms with E-state index < -0.39 is 23.8 Å². The van der Waals surface area contributed by atoms with E-state index >= 15 is 0 Å². The SMILES string of the molecule is O=C(C[C@H]1NC(=O)c2ccccc2NC1=O)Nc1n[nH]c(C2CC2)n1. The molecule has 0 saturated heterocycles. The lowest BCUT2D eigenvalue weighted by Gasteiger charge is -2.13. The monoisotopic (exact) mass is 340 g/mol. The molecule has 1 saturated carbocycles. The lowest BCUT2D eigenvalue weighted by Crippen LogP contribution is -2.43. The van der Waals surface area contributed by atoms with Gasteiger partial charge in [-0.05, 0) is 25.0 Å². The van der Waals surface area contributed by atoms with Crippen molar-refractivity contribution in [2.45, 2.75) is 31.2 Å². The molecule has 2 aromatic rings. The first kappa shape index (κ1) is 15.3. The Kier molecular flexibility index (Phi) is 3.68. The fraction of sp³-hybridized carbons (Fsp3) is 0.312. The molecule has 9 nitrogen and oxygen atoms in total. The van der Waals surface area contributed by atoms with Gasteiger partial charge in [-0.2, -0.15) is 4.98 Å². The summed E-state index contributed by atoms with van der Waals surface area (Å²) in [6.07, 6.45) is 1.92. The number of fused-ring (bicyclic) bond motifs is 1. The summed E-state index contributed by atoms with van der Waals surface area (Å²) in [5.41, 5.74) is 0.790. The van der Waals surface area contributed by atoms with Crippen LogP contribution in [0.1, 0.15) is 41.4 Å². The first-order valence-corrected chi connectivity index (χ1v) is 8.03. The second kappa shape index (κ2) is 6.00. The molecule has 0 radical (unpaired) electrons. The summed E-state index contributed by atoms with van der Waals surface area (Å²) in [7, 11) is 0. The highest BCUT2D eigenvalue weighted by atomic mass is 16.2. The molecule has 25 heavy (non-hydrogen) atoms. The van der Waals surface area contributed by atoms with Crippen LogP contribution in [-0.2, 0) is 9.59 Å². The average Bonchev–Trinajstić information content (AvgIpc) is 3.35. The van der Waals surface area contributed by atoms with E-state index in [1.54, 1.807) is 24.3 Å². The van der Waals surface area contributed by atoms with Crippen LogP contribution >= 0.6 is 0 Å². The molecule has 9 heteroatoms. The van der Waals surface area contributed by atoms with Crippen LogP contribution in [0.15, 0.2) is 24.3 Å². The number of rotatable bonds is 4. The molecule has 1 fully saturated rings. The molecule has 0 bridgehead atoms. The van der Waals surface area contributed by atoms with E-state index in [1.807, 2.05) is 0 Å². The number of H-pyrrole nitrogens is 1. The lowest BCUT2D eigenvalue weighted by atomic mass is 10.1. The molecule has 0 spiro atoms. The number of carbonyl (C=O) groups is 3. The van der Waals surface area contributed by atoms with Crippen LogP contribution < -0.4 is 16.0 Å². The van der Waals surface area contributed by atoms with Crippen molar-refractivity contribution in [2.75, 3.05) is 10.6 Å². The average molecular weight is 340 g/mol. The molecule has 1 atom stereocenters. The molecule has 4 N–H and O–H groups in total. The van der Waals surface area contributed by atoms with Crippen molar-refractivity contribution in [2.24, 2.45) is 0 Å². The van der Waals surface area contributed by atoms with Crippen molar-refractivity contribution in [1.82, 2.24) is 20.5 Å². The van der Waals surface area contributed by atoms with E-state index in [2.05, 4.69) is 31.1 Å². The van der Waals surface area contributed by atoms with Crippen LogP contribution in [0, 0.1) is 0 Å². The summed E-state index contributed by atoms with van der Waals surface area (Å²) in [4.78, 5) is 40.9. The van der Waals surface area contributed by atoms with Crippen molar-refractivity contribution >= 4 is 29.4 Å². The third kappa shape index (κ3) is 3.21. The summed E-state index contributed by atoms with van der Waals surface area (Å²) >= 11 is 0. The Morgan fingerprint density at radius 2 is 2.04 bits per heavy atom. The van der Waals surface area contributed by atoms with Gasteiger partial charge in [-0.15, -0.1) is 5.10 Å². The van der Waals surface area contributed by atoms with Crippen molar-refractivity contribution in [3.05, 3.63) is 35.7 Å². The van der Waals surface area contributed by atoms with Gasteiger partial charge < -0.3 is 10.6 Å². The standard InChI is InChI=1S/C16H16N6O3/c23-12(19-16-20-13(21-22-16)8-5-6-8)7-11-15(25)17-10-4-2-1-3-9(10)14(24)18-11/h1-4,8,11H,5-7H2,(H,17,25)(H,18,24)(H2,19,20,21,22,23)/t11-/m1/s1. The minimum Gasteiger partial charge on any atom is -0.340 e. The van der Waals surface area contributed by atoms with Crippen molar-refractivity contribution < 1.29 is 14.4 Å². The van der Waals surface area contributed by atoms with Gasteiger partial charge in [0.05, 0.1) is 17.7 Å². The van der Waals surface area contributed by atoms with E-state index in [0.717, 1.165) is 18.7 Å². The fourth-order valence-corrected chi connectivity index (χ4v) is 2.69. The molecule has 128 valence electrons. The summed E-state index contributed by atoms with van der Waals surface area (Å²) in [6.45, 7) is 0. The van der Waals surface area contributed by atoms with Crippen LogP contribution in [0.5, 0.6) is 0 Å². The Morgan fingerprint density at radius 3 is 2.84 bits per heavy atom. The predicted molar refractivity (Wildman–Crippen MR) is 87.9 cm³/mol. The third-order valence-corrected chi connectivity index (χ3v) is 4.16. The van der Waals surface area contributed by atoms with E-state index in [0.29, 0.717) is 17.2 Å². The van der Waals surface area contributed by atoms with Crippen LogP contribution in [0.2, 0.25) is 0 Å². The number of hydrogen-bond donors (Lipinski definition) is 4. The highest BCUT2D eigenvalue weighted by Crippen LogP contribution is 2.38. The molecule has 3 amide bonds. The molecule has 1 aromatic heterocycles. The molecule has 2 aliphatic rings. The second-order valence-corrected chi connectivity index (χ2v) is 6.13. The molecular weight excluding hydrogens is 324 g/mol. The van der Waals surface area contributed by atoms with Gasteiger partial charge in [0.25, 0.3) is 5.91 Å². The summed E-state index contributed by atoms with van der Waals surface area (Å²) in [5, 5.41) is 14.5. The maximum Gasteiger partial charge on any atom is 0.254 e. The minimum absolute atomic E-state index is 0.176. The van der Waals surface area contributed by atoms with Gasteiger partial charge in [-0.25, -0.2) is 0 Å². The van der Waals surface area contributed by atoms with Gasteiger partial charge in [0.15, 0.2) is 0 Å². The van der Waals surface area contributed by atoms with E-state index in [-0.39, 0.29) is 12.4 Å². The number of carbonyl (C=O) groups excluding carboxylic acids is 3. The van der Waals surface area contributed by atoms with Gasteiger partial charge in [-0.3, -0.25) is 24.8 Å². The highest BCUT2D eigenvalue weighted by Gasteiger charge is 2.30. The topological polar surface area (TPSA) is 129 Å². The van der Waals surface area contributed by atoms with Crippen LogP contribution in [0.4, 0.5) is 11.6 Å². The molecule has 1 aromatic carbocycles. The van der Waals surface area contributed by atoms with Crippen molar-refractivity contribution in [1.29, 1.82) is 0 Å². The summed E-state index contributed by atoms with van der Waals surface area (Å²) in [6, 6.07) is 5.71. The zero-order valence-corrected chi connectivity index (χ0v) is 13.2. The molecule has 1 aliphatic heterocycles. The van der Waals surface area contributed by atoms with Gasteiger partial charge in [-0.1, -0.05) is 12.1 Å². The zero-order chi connectivity index (χ0) is 17.4. The fourth-order valence-electron chi connectivity index (χ4n) is 2.69. The Bertz CT molecular complexity index is 857. The van der Waals surface area contributed by atoms with Gasteiger partial charge in [0.1, 0.15) is 11.9 Å². The third-order valence-electron chi connectivity index (χ3n) is 4.16. The normalized spacial score (nSPS) is 19.4. The number of anilines is 2. The van der Waals surface area contributed by atoms with E-state index in [4.69, 9.17) is 0 Å². The maximum atomic E-state index is 12.3. The van der Waals surface area contributed by atoms with E-state index in [1.165, 1.54) is 0 Å².